The lowest BCUT2D eigenvalue weighted by Gasteiger charge is -2.29. The van der Waals surface area contributed by atoms with Gasteiger partial charge in [0.2, 0.25) is 0 Å². The van der Waals surface area contributed by atoms with Crippen molar-refractivity contribution in [1.82, 2.24) is 4.90 Å². The fourth-order valence-electron chi connectivity index (χ4n) is 1.46. The molecule has 0 aromatic rings. The summed E-state index contributed by atoms with van der Waals surface area (Å²) >= 11 is 1.98. The molecule has 0 N–H and O–H groups in total. The molecule has 0 aliphatic carbocycles. The molecule has 0 saturated heterocycles. The Morgan fingerprint density at radius 3 is 2.71 bits per heavy atom. The van der Waals surface area contributed by atoms with Gasteiger partial charge in [0, 0.05) is 18.0 Å². The summed E-state index contributed by atoms with van der Waals surface area (Å²) < 4.78 is 0. The second kappa shape index (κ2) is 4.92. The van der Waals surface area contributed by atoms with E-state index in [1.807, 2.05) is 11.8 Å². The van der Waals surface area contributed by atoms with Crippen LogP contribution >= 0.6 is 11.8 Å². The second-order valence-corrected chi connectivity index (χ2v) is 5.53. The van der Waals surface area contributed by atoms with Crippen molar-refractivity contribution in [2.24, 2.45) is 5.92 Å². The topological polar surface area (TPSA) is 3.24 Å². The zero-order valence-electron chi connectivity index (χ0n) is 9.87. The Morgan fingerprint density at radius 2 is 2.14 bits per heavy atom. The predicted octanol–water partition coefficient (Wildman–Crippen LogP) is 3.84. The molecule has 1 rings (SSSR count). The molecule has 14 heavy (non-hydrogen) atoms. The summed E-state index contributed by atoms with van der Waals surface area (Å²) in [5.41, 5.74) is 1.37. The van der Waals surface area contributed by atoms with Gasteiger partial charge in [0.1, 0.15) is 0 Å². The molecule has 2 unspecified atom stereocenters. The molecule has 0 fully saturated rings. The molecule has 0 aromatic carbocycles. The molecule has 0 radical (unpaired) electrons. The van der Waals surface area contributed by atoms with Crippen LogP contribution in [0.2, 0.25) is 0 Å². The van der Waals surface area contributed by atoms with Crippen LogP contribution in [0.5, 0.6) is 0 Å². The standard InChI is InChI=1S/C12H21NS/c1-6-11(4)14-12-8-9(2)7-10(3)13(12)5/h7-9,11H,6H2,1-5H3. The first-order valence-electron chi connectivity index (χ1n) is 5.35. The number of thioether (sulfide) groups is 1. The van der Waals surface area contributed by atoms with Gasteiger partial charge in [-0.1, -0.05) is 26.8 Å². The molecule has 1 aliphatic rings. The van der Waals surface area contributed by atoms with Gasteiger partial charge in [-0.05, 0) is 25.3 Å². The van der Waals surface area contributed by atoms with Gasteiger partial charge < -0.3 is 4.90 Å². The van der Waals surface area contributed by atoms with Gasteiger partial charge in [-0.3, -0.25) is 0 Å². The van der Waals surface area contributed by atoms with Gasteiger partial charge in [0.25, 0.3) is 0 Å². The summed E-state index contributed by atoms with van der Waals surface area (Å²) in [7, 11) is 2.15. The maximum absolute atomic E-state index is 2.35. The van der Waals surface area contributed by atoms with E-state index in [1.54, 1.807) is 0 Å². The minimum Gasteiger partial charge on any atom is -0.344 e. The molecule has 1 nitrogen and oxygen atoms in total. The van der Waals surface area contributed by atoms with Crippen LogP contribution < -0.4 is 0 Å². The SMILES string of the molecule is CCC(C)SC1=CC(C)C=C(C)N1C. The van der Waals surface area contributed by atoms with Crippen LogP contribution in [0.1, 0.15) is 34.1 Å². The van der Waals surface area contributed by atoms with E-state index in [0.29, 0.717) is 11.2 Å². The summed E-state index contributed by atoms with van der Waals surface area (Å²) in [6.07, 6.45) is 5.89. The van der Waals surface area contributed by atoms with Crippen molar-refractivity contribution >= 4 is 11.8 Å². The van der Waals surface area contributed by atoms with Crippen LogP contribution in [0, 0.1) is 5.92 Å². The molecule has 2 atom stereocenters. The fourth-order valence-corrected chi connectivity index (χ4v) is 2.63. The first kappa shape index (κ1) is 11.7. The van der Waals surface area contributed by atoms with Crippen LogP contribution in [0.3, 0.4) is 0 Å². The molecule has 1 aliphatic heterocycles. The van der Waals surface area contributed by atoms with E-state index in [1.165, 1.54) is 17.1 Å². The first-order valence-corrected chi connectivity index (χ1v) is 6.23. The Hall–Kier alpha value is -0.370. The quantitative estimate of drug-likeness (QED) is 0.697. The second-order valence-electron chi connectivity index (χ2n) is 4.07. The highest BCUT2D eigenvalue weighted by atomic mass is 32.2. The fraction of sp³-hybridized carbons (Fsp3) is 0.667. The van der Waals surface area contributed by atoms with Crippen molar-refractivity contribution in [3.8, 4) is 0 Å². The molecule has 0 spiro atoms. The van der Waals surface area contributed by atoms with Crippen LogP contribution in [0.4, 0.5) is 0 Å². The molecule has 0 aromatic heterocycles. The lowest BCUT2D eigenvalue weighted by atomic mass is 10.1. The summed E-state index contributed by atoms with van der Waals surface area (Å²) in [6.45, 7) is 8.96. The van der Waals surface area contributed by atoms with E-state index in [4.69, 9.17) is 0 Å². The average molecular weight is 211 g/mol. The molecular weight excluding hydrogens is 190 g/mol. The van der Waals surface area contributed by atoms with Gasteiger partial charge in [0.05, 0.1) is 5.03 Å². The van der Waals surface area contributed by atoms with Gasteiger partial charge in [0.15, 0.2) is 0 Å². The summed E-state index contributed by atoms with van der Waals surface area (Å²) in [4.78, 5) is 2.29. The van der Waals surface area contributed by atoms with E-state index < -0.39 is 0 Å². The van der Waals surface area contributed by atoms with Crippen LogP contribution in [-0.4, -0.2) is 17.2 Å². The monoisotopic (exact) mass is 211 g/mol. The Balaban J connectivity index is 2.68. The van der Waals surface area contributed by atoms with Crippen molar-refractivity contribution in [2.75, 3.05) is 7.05 Å². The van der Waals surface area contributed by atoms with Crippen molar-refractivity contribution < 1.29 is 0 Å². The van der Waals surface area contributed by atoms with Crippen molar-refractivity contribution in [2.45, 2.75) is 39.4 Å². The van der Waals surface area contributed by atoms with E-state index in [2.05, 4.69) is 51.8 Å². The number of rotatable bonds is 3. The zero-order valence-corrected chi connectivity index (χ0v) is 10.7. The number of hydrogen-bond acceptors (Lipinski definition) is 2. The Morgan fingerprint density at radius 1 is 1.50 bits per heavy atom. The van der Waals surface area contributed by atoms with Crippen molar-refractivity contribution in [3.63, 3.8) is 0 Å². The largest absolute Gasteiger partial charge is 0.344 e. The zero-order chi connectivity index (χ0) is 10.7. The van der Waals surface area contributed by atoms with E-state index in [-0.39, 0.29) is 0 Å². The van der Waals surface area contributed by atoms with Crippen LogP contribution in [0.25, 0.3) is 0 Å². The highest BCUT2D eigenvalue weighted by molar-refractivity contribution is 8.03. The number of allylic oxidation sites excluding steroid dienone is 3. The van der Waals surface area contributed by atoms with E-state index in [0.717, 1.165) is 0 Å². The van der Waals surface area contributed by atoms with Gasteiger partial charge in [-0.25, -0.2) is 0 Å². The van der Waals surface area contributed by atoms with Crippen LogP contribution in [-0.2, 0) is 0 Å². The van der Waals surface area contributed by atoms with Crippen molar-refractivity contribution in [3.05, 3.63) is 22.9 Å². The predicted molar refractivity (Wildman–Crippen MR) is 66.1 cm³/mol. The Labute approximate surface area is 92.3 Å². The smallest absolute Gasteiger partial charge is 0.0714 e. The van der Waals surface area contributed by atoms with Crippen LogP contribution in [0.15, 0.2) is 22.9 Å². The highest BCUT2D eigenvalue weighted by Gasteiger charge is 2.15. The summed E-state index contributed by atoms with van der Waals surface area (Å²) in [5.74, 6) is 0.581. The third-order valence-corrected chi connectivity index (χ3v) is 4.05. The van der Waals surface area contributed by atoms with Gasteiger partial charge >= 0.3 is 0 Å². The summed E-state index contributed by atoms with van der Waals surface area (Å²) in [5, 5.41) is 2.12. The minimum atomic E-state index is 0.581. The van der Waals surface area contributed by atoms with E-state index >= 15 is 0 Å². The van der Waals surface area contributed by atoms with E-state index in [9.17, 15) is 0 Å². The van der Waals surface area contributed by atoms with Crippen molar-refractivity contribution in [1.29, 1.82) is 0 Å². The third-order valence-electron chi connectivity index (χ3n) is 2.67. The maximum atomic E-state index is 2.35. The molecule has 0 bridgehead atoms. The molecule has 80 valence electrons. The Bertz CT molecular complexity index is 255. The lowest BCUT2D eigenvalue weighted by Crippen LogP contribution is -2.19. The average Bonchev–Trinajstić information content (AvgIpc) is 2.13. The highest BCUT2D eigenvalue weighted by Crippen LogP contribution is 2.32. The lowest BCUT2D eigenvalue weighted by molar-refractivity contribution is 0.528. The maximum Gasteiger partial charge on any atom is 0.0714 e. The third kappa shape index (κ3) is 2.81. The Kier molecular flexibility index (Phi) is 4.11. The molecule has 2 heteroatoms. The first-order chi connectivity index (χ1) is 6.54. The molecule has 0 saturated carbocycles. The summed E-state index contributed by atoms with van der Waals surface area (Å²) in [6, 6.07) is 0. The minimum absolute atomic E-state index is 0.581. The number of nitrogens with zero attached hydrogens (tertiary/aromatic N) is 1. The molecule has 1 heterocycles. The molecule has 0 amide bonds. The van der Waals surface area contributed by atoms with Gasteiger partial charge in [-0.15, -0.1) is 11.8 Å². The van der Waals surface area contributed by atoms with Gasteiger partial charge in [-0.2, -0.15) is 0 Å². The number of hydrogen-bond donors (Lipinski definition) is 0. The normalized spacial score (nSPS) is 24.4. The molecular formula is C12H21NS.